The van der Waals surface area contributed by atoms with E-state index in [2.05, 4.69) is 17.5 Å². The number of fused-ring (bicyclic) bond motifs is 1. The normalized spacial score (nSPS) is 26.9. The summed E-state index contributed by atoms with van der Waals surface area (Å²) in [5.41, 5.74) is 1.19. The van der Waals surface area contributed by atoms with Crippen LogP contribution in [0.2, 0.25) is 10.0 Å². The van der Waals surface area contributed by atoms with Crippen LogP contribution in [-0.4, -0.2) is 22.6 Å². The van der Waals surface area contributed by atoms with Crippen molar-refractivity contribution in [2.45, 2.75) is 25.3 Å². The number of hydrogen-bond donors (Lipinski definition) is 1. The molecule has 0 spiro atoms. The second-order valence-corrected chi connectivity index (χ2v) is 9.53. The number of nitrogens with zero attached hydrogens (tertiary/aromatic N) is 1. The van der Waals surface area contributed by atoms with Gasteiger partial charge in [0, 0.05) is 5.02 Å². The van der Waals surface area contributed by atoms with Gasteiger partial charge in [0.1, 0.15) is 0 Å². The number of benzene rings is 2. The summed E-state index contributed by atoms with van der Waals surface area (Å²) in [5.74, 6) is -1.08. The second-order valence-electron chi connectivity index (χ2n) is 8.69. The monoisotopic (exact) mass is 468 g/mol. The maximum atomic E-state index is 13.5. The zero-order valence-corrected chi connectivity index (χ0v) is 18.7. The van der Waals surface area contributed by atoms with Crippen LogP contribution < -0.4 is 5.32 Å². The quantitative estimate of drug-likeness (QED) is 0.480. The lowest BCUT2D eigenvalue weighted by atomic mass is 9.63. The summed E-state index contributed by atoms with van der Waals surface area (Å²) >= 11 is 12.1. The number of rotatable bonds is 5. The molecule has 1 N–H and O–H groups in total. The van der Waals surface area contributed by atoms with Gasteiger partial charge in [0.15, 0.2) is 0 Å². The lowest BCUT2D eigenvalue weighted by Crippen LogP contribution is -2.38. The first-order chi connectivity index (χ1) is 15.4. The fraction of sp³-hybridized carbons (Fsp3) is 0.320. The summed E-state index contributed by atoms with van der Waals surface area (Å²) in [6, 6.07) is 13.4. The maximum Gasteiger partial charge on any atom is 0.234 e. The van der Waals surface area contributed by atoms with E-state index in [9.17, 15) is 14.4 Å². The molecule has 3 amide bonds. The maximum absolute atomic E-state index is 13.5. The van der Waals surface area contributed by atoms with Crippen molar-refractivity contribution in [3.63, 3.8) is 0 Å². The molecule has 1 saturated heterocycles. The van der Waals surface area contributed by atoms with Gasteiger partial charge in [-0.25, -0.2) is 0 Å². The van der Waals surface area contributed by atoms with Crippen LogP contribution in [0.15, 0.2) is 60.7 Å². The van der Waals surface area contributed by atoms with Gasteiger partial charge in [-0.15, -0.1) is 0 Å². The average Bonchev–Trinajstić information content (AvgIpc) is 3.08. The molecule has 2 fully saturated rings. The highest BCUT2D eigenvalue weighted by Gasteiger charge is 2.58. The van der Waals surface area contributed by atoms with Gasteiger partial charge in [-0.1, -0.05) is 65.7 Å². The SMILES string of the molecule is O=C(C[C@H](c1ccccc1)N1C(=O)[C@@H]2[C@H](C1=O)[C@H]1C=C[C@H]2CC1)Nc1ccc(Cl)cc1Cl. The molecule has 4 aliphatic rings. The zero-order chi connectivity index (χ0) is 22.4. The molecule has 1 aliphatic heterocycles. The number of amides is 3. The van der Waals surface area contributed by atoms with Crippen LogP contribution in [-0.2, 0) is 14.4 Å². The molecule has 0 unspecified atom stereocenters. The Morgan fingerprint density at radius 3 is 2.16 bits per heavy atom. The van der Waals surface area contributed by atoms with Crippen molar-refractivity contribution >= 4 is 46.6 Å². The van der Waals surface area contributed by atoms with E-state index in [-0.39, 0.29) is 47.8 Å². The van der Waals surface area contributed by atoms with Gasteiger partial charge in [-0.3, -0.25) is 19.3 Å². The molecular formula is C25H22Cl2N2O3. The van der Waals surface area contributed by atoms with Crippen LogP contribution in [0.4, 0.5) is 5.69 Å². The van der Waals surface area contributed by atoms with Crippen molar-refractivity contribution in [3.8, 4) is 0 Å². The third-order valence-electron chi connectivity index (χ3n) is 6.87. The van der Waals surface area contributed by atoms with Crippen molar-refractivity contribution in [1.29, 1.82) is 0 Å². The van der Waals surface area contributed by atoms with E-state index in [1.54, 1.807) is 18.2 Å². The number of hydrogen-bond acceptors (Lipinski definition) is 3. The zero-order valence-electron chi connectivity index (χ0n) is 17.2. The molecule has 1 heterocycles. The van der Waals surface area contributed by atoms with Crippen LogP contribution in [0.25, 0.3) is 0 Å². The van der Waals surface area contributed by atoms with Crippen molar-refractivity contribution in [2.75, 3.05) is 5.32 Å². The lowest BCUT2D eigenvalue weighted by molar-refractivity contribution is -0.143. The summed E-state index contributed by atoms with van der Waals surface area (Å²) in [6.45, 7) is 0. The van der Waals surface area contributed by atoms with E-state index in [1.165, 1.54) is 4.90 Å². The standard InChI is InChI=1S/C25H22Cl2N2O3/c26-17-10-11-19(18(27)12-17)28-21(30)13-20(14-4-2-1-3-5-14)29-24(31)22-15-6-7-16(9-8-15)23(22)25(29)32/h1-7,10-12,15-16,20,22-23H,8-9,13H2,(H,28,30)/t15-,16-,20+,22-,23+/m0/s1. The van der Waals surface area contributed by atoms with Crippen LogP contribution in [0.1, 0.15) is 30.9 Å². The molecule has 0 radical (unpaired) electrons. The number of carbonyl (C=O) groups excluding carboxylic acids is 3. The number of carbonyl (C=O) groups is 3. The predicted octanol–water partition coefficient (Wildman–Crippen LogP) is 5.26. The molecule has 32 heavy (non-hydrogen) atoms. The Morgan fingerprint density at radius 1 is 0.969 bits per heavy atom. The van der Waals surface area contributed by atoms with Crippen LogP contribution >= 0.6 is 23.2 Å². The third-order valence-corrected chi connectivity index (χ3v) is 7.42. The van der Waals surface area contributed by atoms with Gasteiger partial charge in [0.05, 0.1) is 35.0 Å². The molecular weight excluding hydrogens is 447 g/mol. The Balaban J connectivity index is 1.44. The number of allylic oxidation sites excluding steroid dienone is 2. The minimum Gasteiger partial charge on any atom is -0.325 e. The Kier molecular flexibility index (Phi) is 5.56. The minimum atomic E-state index is -0.674. The fourth-order valence-electron chi connectivity index (χ4n) is 5.41. The van der Waals surface area contributed by atoms with E-state index in [0.29, 0.717) is 15.7 Å². The summed E-state index contributed by atoms with van der Waals surface area (Å²) in [6.07, 6.45) is 6.00. The van der Waals surface area contributed by atoms with E-state index < -0.39 is 6.04 Å². The highest BCUT2D eigenvalue weighted by atomic mass is 35.5. The number of nitrogens with one attached hydrogen (secondary N) is 1. The smallest absolute Gasteiger partial charge is 0.234 e. The topological polar surface area (TPSA) is 66.5 Å². The highest BCUT2D eigenvalue weighted by Crippen LogP contribution is 2.51. The van der Waals surface area contributed by atoms with Crippen LogP contribution in [0, 0.1) is 23.7 Å². The van der Waals surface area contributed by atoms with E-state index >= 15 is 0 Å². The molecule has 6 rings (SSSR count). The summed E-state index contributed by atoms with van der Waals surface area (Å²) in [5, 5.41) is 3.58. The first kappa shape index (κ1) is 21.2. The minimum absolute atomic E-state index is 0.0529. The predicted molar refractivity (Wildman–Crippen MR) is 123 cm³/mol. The van der Waals surface area contributed by atoms with Gasteiger partial charge in [-0.05, 0) is 48.4 Å². The van der Waals surface area contributed by atoms with E-state index in [1.807, 2.05) is 30.3 Å². The Morgan fingerprint density at radius 2 is 1.59 bits per heavy atom. The second kappa shape index (κ2) is 8.38. The Bertz CT molecular complexity index is 1090. The van der Waals surface area contributed by atoms with Crippen molar-refractivity contribution in [3.05, 3.63) is 76.3 Å². The van der Waals surface area contributed by atoms with Crippen LogP contribution in [0.3, 0.4) is 0 Å². The molecule has 164 valence electrons. The van der Waals surface area contributed by atoms with E-state index in [4.69, 9.17) is 23.2 Å². The lowest BCUT2D eigenvalue weighted by Gasteiger charge is -2.38. The molecule has 2 aromatic carbocycles. The number of imide groups is 1. The Hall–Kier alpha value is -2.63. The number of anilines is 1. The molecule has 7 heteroatoms. The number of likely N-dealkylation sites (tertiary alicyclic amines) is 1. The van der Waals surface area contributed by atoms with E-state index in [0.717, 1.165) is 18.4 Å². The Labute approximate surface area is 196 Å². The van der Waals surface area contributed by atoms with Crippen LogP contribution in [0.5, 0.6) is 0 Å². The average molecular weight is 469 g/mol. The number of halogens is 2. The fourth-order valence-corrected chi connectivity index (χ4v) is 5.86. The first-order valence-corrected chi connectivity index (χ1v) is 11.5. The van der Waals surface area contributed by atoms with Crippen molar-refractivity contribution < 1.29 is 14.4 Å². The summed E-state index contributed by atoms with van der Waals surface area (Å²) < 4.78 is 0. The van der Waals surface area contributed by atoms with Gasteiger partial charge in [-0.2, -0.15) is 0 Å². The summed E-state index contributed by atoms with van der Waals surface area (Å²) in [7, 11) is 0. The van der Waals surface area contributed by atoms with Gasteiger partial charge >= 0.3 is 0 Å². The molecule has 3 aliphatic carbocycles. The molecule has 5 nitrogen and oxygen atoms in total. The third kappa shape index (κ3) is 3.63. The molecule has 1 saturated carbocycles. The largest absolute Gasteiger partial charge is 0.325 e. The molecule has 2 bridgehead atoms. The van der Waals surface area contributed by atoms with Crippen molar-refractivity contribution in [2.24, 2.45) is 23.7 Å². The highest BCUT2D eigenvalue weighted by molar-refractivity contribution is 6.36. The molecule has 5 atom stereocenters. The summed E-state index contributed by atoms with van der Waals surface area (Å²) in [4.78, 5) is 41.3. The van der Waals surface area contributed by atoms with Crippen molar-refractivity contribution in [1.82, 2.24) is 4.90 Å². The van der Waals surface area contributed by atoms with Gasteiger partial charge in [0.25, 0.3) is 0 Å². The molecule has 0 aromatic heterocycles. The molecule has 2 aromatic rings. The van der Waals surface area contributed by atoms with Gasteiger partial charge < -0.3 is 5.32 Å². The first-order valence-electron chi connectivity index (χ1n) is 10.8. The van der Waals surface area contributed by atoms with Gasteiger partial charge in [0.2, 0.25) is 17.7 Å².